The minimum absolute atomic E-state index is 0.0983. The van der Waals surface area contributed by atoms with Crippen molar-refractivity contribution in [1.29, 1.82) is 0 Å². The Hall–Kier alpha value is -2.43. The van der Waals surface area contributed by atoms with Gasteiger partial charge >= 0.3 is 0 Å². The third-order valence-electron chi connectivity index (χ3n) is 4.50. The highest BCUT2D eigenvalue weighted by Crippen LogP contribution is 2.33. The molecule has 0 spiro atoms. The molecule has 2 heterocycles. The van der Waals surface area contributed by atoms with Gasteiger partial charge < -0.3 is 19.4 Å². The minimum Gasteiger partial charge on any atom is -0.497 e. The van der Waals surface area contributed by atoms with E-state index in [4.69, 9.17) is 9.47 Å². The molecule has 0 bridgehead atoms. The van der Waals surface area contributed by atoms with Crippen LogP contribution in [0.15, 0.2) is 30.5 Å². The Morgan fingerprint density at radius 1 is 1.22 bits per heavy atom. The number of nitrogens with one attached hydrogen (secondary N) is 1. The second-order valence-corrected chi connectivity index (χ2v) is 5.90. The second kappa shape index (κ2) is 6.36. The number of aromatic amines is 1. The molecule has 0 radical (unpaired) electrons. The van der Waals surface area contributed by atoms with Crippen molar-refractivity contribution in [2.24, 2.45) is 0 Å². The molecule has 3 rings (SSSR count). The topological polar surface area (TPSA) is 54.6 Å². The smallest absolute Gasteiger partial charge is 0.255 e. The number of amides is 1. The number of hydrogen-bond acceptors (Lipinski definition) is 3. The molecular weight excluding hydrogens is 292 g/mol. The number of H-pyrrole nitrogens is 1. The number of nitrogens with zero attached hydrogens (tertiary/aromatic N) is 1. The van der Waals surface area contributed by atoms with Crippen molar-refractivity contribution in [1.82, 2.24) is 9.88 Å². The lowest BCUT2D eigenvalue weighted by Crippen LogP contribution is -2.28. The third-order valence-corrected chi connectivity index (χ3v) is 4.50. The van der Waals surface area contributed by atoms with E-state index in [1.165, 1.54) is 0 Å². The fourth-order valence-electron chi connectivity index (χ4n) is 3.14. The first-order valence-corrected chi connectivity index (χ1v) is 7.78. The number of benzene rings is 1. The number of methoxy groups -OCH3 is 2. The van der Waals surface area contributed by atoms with Crippen LogP contribution in [-0.2, 0) is 0 Å². The monoisotopic (exact) mass is 314 g/mol. The molecule has 5 nitrogen and oxygen atoms in total. The van der Waals surface area contributed by atoms with Gasteiger partial charge in [-0.3, -0.25) is 4.79 Å². The Labute approximate surface area is 136 Å². The van der Waals surface area contributed by atoms with E-state index >= 15 is 0 Å². The van der Waals surface area contributed by atoms with Crippen LogP contribution in [0.25, 0.3) is 0 Å². The molecule has 1 aromatic carbocycles. The summed E-state index contributed by atoms with van der Waals surface area (Å²) in [5.74, 6) is 1.97. The Kier molecular flexibility index (Phi) is 4.28. The maximum Gasteiger partial charge on any atom is 0.255 e. The van der Waals surface area contributed by atoms with Gasteiger partial charge in [0.15, 0.2) is 0 Å². The highest BCUT2D eigenvalue weighted by molar-refractivity contribution is 5.95. The number of carbonyl (C=O) groups excluding carboxylic acids is 1. The number of carbonyl (C=O) groups is 1. The largest absolute Gasteiger partial charge is 0.497 e. The number of rotatable bonds is 4. The normalized spacial score (nSPS) is 17.3. The van der Waals surface area contributed by atoms with Crippen molar-refractivity contribution in [2.45, 2.75) is 19.3 Å². The fourth-order valence-corrected chi connectivity index (χ4v) is 3.14. The Morgan fingerprint density at radius 2 is 1.91 bits per heavy atom. The van der Waals surface area contributed by atoms with Crippen LogP contribution in [-0.4, -0.2) is 43.1 Å². The van der Waals surface area contributed by atoms with Gasteiger partial charge in [0.25, 0.3) is 5.91 Å². The first-order valence-electron chi connectivity index (χ1n) is 7.78. The van der Waals surface area contributed by atoms with E-state index < -0.39 is 0 Å². The quantitative estimate of drug-likeness (QED) is 0.944. The Balaban J connectivity index is 1.77. The molecule has 1 amide bonds. The zero-order chi connectivity index (χ0) is 16.4. The molecule has 0 saturated carbocycles. The molecule has 2 aromatic rings. The minimum atomic E-state index is 0.0983. The summed E-state index contributed by atoms with van der Waals surface area (Å²) in [7, 11) is 3.30. The molecule has 5 heteroatoms. The van der Waals surface area contributed by atoms with Crippen LogP contribution in [0.5, 0.6) is 11.5 Å². The van der Waals surface area contributed by atoms with Gasteiger partial charge in [-0.2, -0.15) is 0 Å². The molecule has 23 heavy (non-hydrogen) atoms. The van der Waals surface area contributed by atoms with Gasteiger partial charge in [0.1, 0.15) is 11.5 Å². The molecule has 1 aliphatic heterocycles. The van der Waals surface area contributed by atoms with Crippen molar-refractivity contribution in [3.8, 4) is 11.5 Å². The van der Waals surface area contributed by atoms with E-state index in [1.807, 2.05) is 42.3 Å². The molecule has 1 aromatic heterocycles. The highest BCUT2D eigenvalue weighted by atomic mass is 16.5. The van der Waals surface area contributed by atoms with E-state index in [-0.39, 0.29) is 5.91 Å². The highest BCUT2D eigenvalue weighted by Gasteiger charge is 2.29. The molecule has 1 atom stereocenters. The zero-order valence-corrected chi connectivity index (χ0v) is 13.8. The molecule has 1 fully saturated rings. The first kappa shape index (κ1) is 15.5. The van der Waals surface area contributed by atoms with Crippen LogP contribution < -0.4 is 9.47 Å². The molecule has 1 saturated heterocycles. The summed E-state index contributed by atoms with van der Waals surface area (Å²) in [5, 5.41) is 0. The van der Waals surface area contributed by atoms with Crippen molar-refractivity contribution in [3.05, 3.63) is 47.3 Å². The number of likely N-dealkylation sites (tertiary alicyclic amines) is 1. The maximum atomic E-state index is 12.6. The standard InChI is InChI=1S/C18H22N2O3/c1-12-17(4-6-19-12)18(21)20-7-5-13(11-20)14-8-15(22-2)10-16(9-14)23-3/h4,6,8-10,13,19H,5,7,11H2,1-3H3/t13-/m1/s1. The second-order valence-electron chi connectivity index (χ2n) is 5.90. The van der Waals surface area contributed by atoms with Gasteiger partial charge in [0.2, 0.25) is 0 Å². The van der Waals surface area contributed by atoms with E-state index in [9.17, 15) is 4.79 Å². The lowest BCUT2D eigenvalue weighted by molar-refractivity contribution is 0.0790. The fraction of sp³-hybridized carbons (Fsp3) is 0.389. The predicted octanol–water partition coefficient (Wildman–Crippen LogP) is 2.97. The molecule has 1 N–H and O–H groups in total. The van der Waals surface area contributed by atoms with Crippen LogP contribution in [0.4, 0.5) is 0 Å². The summed E-state index contributed by atoms with van der Waals surface area (Å²) in [6, 6.07) is 7.77. The molecular formula is C18H22N2O3. The van der Waals surface area contributed by atoms with Gasteiger partial charge in [-0.05, 0) is 37.1 Å². The van der Waals surface area contributed by atoms with Crippen LogP contribution in [0.2, 0.25) is 0 Å². The van der Waals surface area contributed by atoms with E-state index in [0.29, 0.717) is 5.92 Å². The Morgan fingerprint density at radius 3 is 2.48 bits per heavy atom. The van der Waals surface area contributed by atoms with E-state index in [0.717, 1.165) is 47.8 Å². The summed E-state index contributed by atoms with van der Waals surface area (Å²) in [6.07, 6.45) is 2.76. The average molecular weight is 314 g/mol. The number of hydrogen-bond donors (Lipinski definition) is 1. The average Bonchev–Trinajstić information content (AvgIpc) is 3.22. The summed E-state index contributed by atoms with van der Waals surface area (Å²) < 4.78 is 10.7. The van der Waals surface area contributed by atoms with Gasteiger partial charge in [-0.1, -0.05) is 0 Å². The van der Waals surface area contributed by atoms with Crippen LogP contribution in [0, 0.1) is 6.92 Å². The maximum absolute atomic E-state index is 12.6. The van der Waals surface area contributed by atoms with Gasteiger partial charge in [-0.15, -0.1) is 0 Å². The van der Waals surface area contributed by atoms with Gasteiger partial charge in [-0.25, -0.2) is 0 Å². The third kappa shape index (κ3) is 3.04. The number of aromatic nitrogens is 1. The lowest BCUT2D eigenvalue weighted by atomic mass is 9.98. The Bertz CT molecular complexity index is 686. The van der Waals surface area contributed by atoms with Crippen LogP contribution >= 0.6 is 0 Å². The summed E-state index contributed by atoms with van der Waals surface area (Å²) in [5.41, 5.74) is 2.83. The SMILES string of the molecule is COc1cc(OC)cc([C@@H]2CCN(C(=O)c3cc[nH]c3C)C2)c1. The molecule has 122 valence electrons. The number of aryl methyl sites for hydroxylation is 1. The van der Waals surface area contributed by atoms with Crippen molar-refractivity contribution >= 4 is 5.91 Å². The zero-order valence-electron chi connectivity index (χ0n) is 13.8. The van der Waals surface area contributed by atoms with Gasteiger partial charge in [0.05, 0.1) is 19.8 Å². The molecule has 0 unspecified atom stereocenters. The lowest BCUT2D eigenvalue weighted by Gasteiger charge is -2.17. The van der Waals surface area contributed by atoms with Gasteiger partial charge in [0, 0.05) is 37.0 Å². The first-order chi connectivity index (χ1) is 11.1. The van der Waals surface area contributed by atoms with Crippen LogP contribution in [0.3, 0.4) is 0 Å². The summed E-state index contributed by atoms with van der Waals surface area (Å²) in [6.45, 7) is 3.42. The van der Waals surface area contributed by atoms with Crippen molar-refractivity contribution in [2.75, 3.05) is 27.3 Å². The predicted molar refractivity (Wildman–Crippen MR) is 88.3 cm³/mol. The van der Waals surface area contributed by atoms with Crippen LogP contribution in [0.1, 0.15) is 34.0 Å². The van der Waals surface area contributed by atoms with Crippen molar-refractivity contribution in [3.63, 3.8) is 0 Å². The summed E-state index contributed by atoms with van der Waals surface area (Å²) >= 11 is 0. The summed E-state index contributed by atoms with van der Waals surface area (Å²) in [4.78, 5) is 17.6. The molecule has 0 aliphatic carbocycles. The van der Waals surface area contributed by atoms with Crippen molar-refractivity contribution < 1.29 is 14.3 Å². The van der Waals surface area contributed by atoms with E-state index in [1.54, 1.807) is 14.2 Å². The number of ether oxygens (including phenoxy) is 2. The van der Waals surface area contributed by atoms with E-state index in [2.05, 4.69) is 4.98 Å². The molecule has 1 aliphatic rings.